The lowest BCUT2D eigenvalue weighted by Gasteiger charge is -2.16. The highest BCUT2D eigenvalue weighted by molar-refractivity contribution is 5.61. The van der Waals surface area contributed by atoms with Crippen molar-refractivity contribution in [1.82, 2.24) is 0 Å². The van der Waals surface area contributed by atoms with Crippen molar-refractivity contribution >= 4 is 6.21 Å². The van der Waals surface area contributed by atoms with Crippen LogP contribution < -0.4 is 0 Å². The minimum absolute atomic E-state index is 0.0671. The molecule has 1 saturated heterocycles. The van der Waals surface area contributed by atoms with Gasteiger partial charge in [0.1, 0.15) is 0 Å². The minimum Gasteiger partial charge on any atom is -0.624 e. The summed E-state index contributed by atoms with van der Waals surface area (Å²) in [6.07, 6.45) is 1.32. The van der Waals surface area contributed by atoms with Crippen LogP contribution in [0.2, 0.25) is 0 Å². The molecule has 4 nitrogen and oxygen atoms in total. The second-order valence-corrected chi connectivity index (χ2v) is 3.39. The zero-order valence-corrected chi connectivity index (χ0v) is 6.61. The lowest BCUT2D eigenvalue weighted by Crippen LogP contribution is -2.24. The van der Waals surface area contributed by atoms with E-state index in [4.69, 9.17) is 9.47 Å². The number of fused-ring (bicyclic) bond motifs is 1. The lowest BCUT2D eigenvalue weighted by molar-refractivity contribution is -0.456. The van der Waals surface area contributed by atoms with Crippen molar-refractivity contribution in [3.8, 4) is 0 Å². The van der Waals surface area contributed by atoms with Gasteiger partial charge in [-0.05, 0) is 13.8 Å². The predicted octanol–water partition coefficient (Wildman–Crippen LogP) is 0.101. The Kier molecular flexibility index (Phi) is 1.25. The van der Waals surface area contributed by atoms with Crippen molar-refractivity contribution in [2.24, 2.45) is 0 Å². The predicted molar refractivity (Wildman–Crippen MR) is 38.4 cm³/mol. The van der Waals surface area contributed by atoms with Crippen molar-refractivity contribution in [3.05, 3.63) is 5.21 Å². The van der Waals surface area contributed by atoms with Gasteiger partial charge in [0.25, 0.3) is 0 Å². The summed E-state index contributed by atoms with van der Waals surface area (Å²) in [4.78, 5) is 0. The van der Waals surface area contributed by atoms with Crippen LogP contribution in [0.15, 0.2) is 0 Å². The third-order valence-corrected chi connectivity index (χ3v) is 1.89. The van der Waals surface area contributed by atoms with Crippen molar-refractivity contribution in [3.63, 3.8) is 0 Å². The molecule has 0 saturated carbocycles. The molecule has 0 radical (unpaired) electrons. The Balaban J connectivity index is 2.13. The molecule has 0 spiro atoms. The van der Waals surface area contributed by atoms with Crippen molar-refractivity contribution < 1.29 is 14.2 Å². The van der Waals surface area contributed by atoms with E-state index in [1.807, 2.05) is 13.8 Å². The molecule has 0 aromatic heterocycles. The zero-order valence-electron chi connectivity index (χ0n) is 6.61. The van der Waals surface area contributed by atoms with E-state index in [0.717, 1.165) is 4.74 Å². The van der Waals surface area contributed by atoms with Gasteiger partial charge in [0, 0.05) is 0 Å². The highest BCUT2D eigenvalue weighted by Crippen LogP contribution is 2.29. The van der Waals surface area contributed by atoms with Crippen LogP contribution in [0.5, 0.6) is 0 Å². The topological polar surface area (TPSA) is 44.5 Å². The van der Waals surface area contributed by atoms with Crippen LogP contribution in [0.4, 0.5) is 0 Å². The van der Waals surface area contributed by atoms with Gasteiger partial charge >= 0.3 is 0 Å². The molecule has 2 aliphatic heterocycles. The molecule has 0 aromatic carbocycles. The molecule has 11 heavy (non-hydrogen) atoms. The zero-order chi connectivity index (χ0) is 8.06. The van der Waals surface area contributed by atoms with E-state index in [2.05, 4.69) is 0 Å². The average Bonchev–Trinajstić information content (AvgIpc) is 2.17. The first-order valence-electron chi connectivity index (χ1n) is 3.71. The molecule has 62 valence electrons. The van der Waals surface area contributed by atoms with Crippen molar-refractivity contribution in [1.29, 1.82) is 0 Å². The largest absolute Gasteiger partial charge is 0.624 e. The maximum atomic E-state index is 10.8. The Bertz CT molecular complexity index is 212. The molecular formula is C7H11NO3. The maximum Gasteiger partial charge on any atom is 0.183 e. The molecule has 2 atom stereocenters. The fourth-order valence-electron chi connectivity index (χ4n) is 1.53. The van der Waals surface area contributed by atoms with Gasteiger partial charge in [0.05, 0.1) is 0 Å². The lowest BCUT2D eigenvalue weighted by atomic mass is 10.3. The summed E-state index contributed by atoms with van der Waals surface area (Å²) in [5, 5.41) is 10.8. The highest BCUT2D eigenvalue weighted by Gasteiger charge is 2.47. The summed E-state index contributed by atoms with van der Waals surface area (Å²) >= 11 is 0. The van der Waals surface area contributed by atoms with Gasteiger partial charge in [-0.15, -0.1) is 0 Å². The van der Waals surface area contributed by atoms with Crippen LogP contribution in [-0.2, 0) is 9.47 Å². The summed E-state index contributed by atoms with van der Waals surface area (Å²) in [5.41, 5.74) is 0. The maximum absolute atomic E-state index is 10.8. The van der Waals surface area contributed by atoms with Crippen molar-refractivity contribution in [2.45, 2.75) is 31.8 Å². The van der Waals surface area contributed by atoms with Gasteiger partial charge in [-0.3, -0.25) is 0 Å². The highest BCUT2D eigenvalue weighted by atomic mass is 16.8. The number of hydrogen-bond acceptors (Lipinski definition) is 3. The third-order valence-electron chi connectivity index (χ3n) is 1.89. The summed E-state index contributed by atoms with van der Waals surface area (Å²) in [6.45, 7) is 4.11. The smallest absolute Gasteiger partial charge is 0.183 e. The summed E-state index contributed by atoms with van der Waals surface area (Å²) in [7, 11) is 0. The second kappa shape index (κ2) is 1.95. The first kappa shape index (κ1) is 7.06. The first-order chi connectivity index (χ1) is 5.07. The molecular weight excluding hydrogens is 146 g/mol. The van der Waals surface area contributed by atoms with Crippen LogP contribution in [-0.4, -0.2) is 35.5 Å². The molecule has 0 N–H and O–H groups in total. The molecule has 0 bridgehead atoms. The molecule has 2 aliphatic rings. The van der Waals surface area contributed by atoms with Crippen LogP contribution in [0, 0.1) is 5.21 Å². The van der Waals surface area contributed by atoms with Crippen molar-refractivity contribution in [2.75, 3.05) is 6.54 Å². The van der Waals surface area contributed by atoms with Crippen LogP contribution in [0.3, 0.4) is 0 Å². The van der Waals surface area contributed by atoms with E-state index in [0.29, 0.717) is 6.54 Å². The standard InChI is InChI=1S/C7H11NO3/c1-7(2)10-5-3-8(9)4-6(5)11-7/h3,5-6H,4H2,1-2H3. The molecule has 4 heteroatoms. The molecule has 0 aromatic rings. The fourth-order valence-corrected chi connectivity index (χ4v) is 1.53. The monoisotopic (exact) mass is 157 g/mol. The number of rotatable bonds is 0. The van der Waals surface area contributed by atoms with Crippen LogP contribution in [0.1, 0.15) is 13.8 Å². The molecule has 2 unspecified atom stereocenters. The second-order valence-electron chi connectivity index (χ2n) is 3.39. The molecule has 0 aliphatic carbocycles. The third kappa shape index (κ3) is 1.12. The molecule has 0 amide bonds. The molecule has 2 rings (SSSR count). The van der Waals surface area contributed by atoms with Crippen LogP contribution in [0.25, 0.3) is 0 Å². The quantitative estimate of drug-likeness (QED) is 0.370. The minimum atomic E-state index is -0.521. The van der Waals surface area contributed by atoms with Gasteiger partial charge in [-0.2, -0.15) is 0 Å². The summed E-state index contributed by atoms with van der Waals surface area (Å²) in [5.74, 6) is -0.521. The molecule has 1 fully saturated rings. The van der Waals surface area contributed by atoms with Gasteiger partial charge in [-0.1, -0.05) is 0 Å². The summed E-state index contributed by atoms with van der Waals surface area (Å²) in [6, 6.07) is 0. The Morgan fingerprint density at radius 3 is 2.91 bits per heavy atom. The number of nitrogens with zero attached hydrogens (tertiary/aromatic N) is 1. The van der Waals surface area contributed by atoms with E-state index >= 15 is 0 Å². The van der Waals surface area contributed by atoms with Crippen LogP contribution >= 0.6 is 0 Å². The Morgan fingerprint density at radius 1 is 1.55 bits per heavy atom. The van der Waals surface area contributed by atoms with E-state index < -0.39 is 5.79 Å². The fraction of sp³-hybridized carbons (Fsp3) is 0.857. The van der Waals surface area contributed by atoms with Gasteiger partial charge in [-0.25, -0.2) is 4.74 Å². The summed E-state index contributed by atoms with van der Waals surface area (Å²) < 4.78 is 11.7. The number of hydrogen-bond donors (Lipinski definition) is 0. The Morgan fingerprint density at radius 2 is 2.27 bits per heavy atom. The number of hydroxylamine groups is 1. The van der Waals surface area contributed by atoms with Gasteiger partial charge in [0.15, 0.2) is 30.8 Å². The first-order valence-corrected chi connectivity index (χ1v) is 3.71. The van der Waals surface area contributed by atoms with E-state index in [9.17, 15) is 5.21 Å². The Labute approximate surface area is 65.0 Å². The average molecular weight is 157 g/mol. The molecule has 2 heterocycles. The van der Waals surface area contributed by atoms with E-state index in [1.165, 1.54) is 6.21 Å². The van der Waals surface area contributed by atoms with E-state index in [-0.39, 0.29) is 12.2 Å². The Hall–Kier alpha value is -0.610. The SMILES string of the molecule is CC1(C)OC2C=[N+]([O-])CC2O1. The number of ether oxygens (including phenoxy) is 2. The van der Waals surface area contributed by atoms with Gasteiger partial charge < -0.3 is 14.7 Å². The van der Waals surface area contributed by atoms with E-state index in [1.54, 1.807) is 0 Å². The normalized spacial score (nSPS) is 40.4. The van der Waals surface area contributed by atoms with Gasteiger partial charge in [0.2, 0.25) is 0 Å².